The number of aromatic nitrogens is 2. The molecule has 0 radical (unpaired) electrons. The van der Waals surface area contributed by atoms with Crippen LogP contribution in [-0.4, -0.2) is 15.1 Å². The van der Waals surface area contributed by atoms with Gasteiger partial charge < -0.3 is 10.4 Å². The maximum absolute atomic E-state index is 9.14. The molecule has 2 aromatic rings. The van der Waals surface area contributed by atoms with Gasteiger partial charge in [-0.25, -0.2) is 9.97 Å². The normalized spacial score (nSPS) is 14.3. The summed E-state index contributed by atoms with van der Waals surface area (Å²) in [6.45, 7) is 0.750. The Morgan fingerprint density at radius 2 is 2.00 bits per heavy atom. The average molecular weight is 334 g/mol. The van der Waals surface area contributed by atoms with Crippen molar-refractivity contribution in [2.24, 2.45) is 0 Å². The van der Waals surface area contributed by atoms with Gasteiger partial charge in [0.05, 0.1) is 6.61 Å². The first kappa shape index (κ1) is 13.5. The van der Waals surface area contributed by atoms with Gasteiger partial charge >= 0.3 is 0 Å². The maximum atomic E-state index is 9.14. The molecule has 0 unspecified atom stereocenters. The standard InChI is InChI=1S/C15H16BrN3O/c16-13-7-14(19-15(18-13)12-4-5-12)17-8-10-2-1-3-11(6-10)9-20/h1-3,6-7,12,20H,4-5,8-9H2,(H,17,18,19). The summed E-state index contributed by atoms with van der Waals surface area (Å²) in [5, 5.41) is 12.5. The molecular weight excluding hydrogens is 318 g/mol. The van der Waals surface area contributed by atoms with E-state index in [9.17, 15) is 0 Å². The van der Waals surface area contributed by atoms with Gasteiger partial charge in [0, 0.05) is 18.5 Å². The van der Waals surface area contributed by atoms with E-state index in [1.165, 1.54) is 12.8 Å². The zero-order chi connectivity index (χ0) is 13.9. The second-order valence-electron chi connectivity index (χ2n) is 5.04. The lowest BCUT2D eigenvalue weighted by atomic mass is 10.1. The van der Waals surface area contributed by atoms with Crippen LogP contribution in [-0.2, 0) is 13.2 Å². The summed E-state index contributed by atoms with van der Waals surface area (Å²) in [5.74, 6) is 2.29. The quantitative estimate of drug-likeness (QED) is 0.825. The number of nitrogens with one attached hydrogen (secondary N) is 1. The number of nitrogens with zero attached hydrogens (tertiary/aromatic N) is 2. The number of benzene rings is 1. The van der Waals surface area contributed by atoms with Crippen LogP contribution in [0.4, 0.5) is 5.82 Å². The molecular formula is C15H16BrN3O. The van der Waals surface area contributed by atoms with E-state index in [4.69, 9.17) is 5.11 Å². The van der Waals surface area contributed by atoms with E-state index in [1.807, 2.05) is 30.3 Å². The summed E-state index contributed by atoms with van der Waals surface area (Å²) in [4.78, 5) is 8.96. The van der Waals surface area contributed by atoms with Crippen molar-refractivity contribution in [1.29, 1.82) is 0 Å². The number of hydrogen-bond donors (Lipinski definition) is 2. The van der Waals surface area contributed by atoms with E-state index in [1.54, 1.807) is 0 Å². The smallest absolute Gasteiger partial charge is 0.135 e. The fourth-order valence-corrected chi connectivity index (χ4v) is 2.48. The van der Waals surface area contributed by atoms with Crippen LogP contribution in [0.25, 0.3) is 0 Å². The second kappa shape index (κ2) is 5.89. The molecule has 104 valence electrons. The highest BCUT2D eigenvalue weighted by Crippen LogP contribution is 2.38. The molecule has 0 spiro atoms. The number of rotatable bonds is 5. The number of anilines is 1. The molecule has 1 fully saturated rings. The first-order valence-electron chi connectivity index (χ1n) is 6.71. The lowest BCUT2D eigenvalue weighted by molar-refractivity contribution is 0.281. The molecule has 1 aromatic carbocycles. The van der Waals surface area contributed by atoms with Crippen LogP contribution >= 0.6 is 15.9 Å². The third-order valence-corrected chi connectivity index (χ3v) is 3.71. The Balaban J connectivity index is 1.71. The summed E-state index contributed by atoms with van der Waals surface area (Å²) in [7, 11) is 0. The minimum atomic E-state index is 0.0682. The fraction of sp³-hybridized carbons (Fsp3) is 0.333. The summed E-state index contributed by atoms with van der Waals surface area (Å²) in [6, 6.07) is 9.78. The van der Waals surface area contributed by atoms with Crippen molar-refractivity contribution in [2.45, 2.75) is 31.9 Å². The molecule has 4 nitrogen and oxygen atoms in total. The third kappa shape index (κ3) is 3.35. The Labute approximate surface area is 126 Å². The molecule has 0 bridgehead atoms. The summed E-state index contributed by atoms with van der Waals surface area (Å²) in [5.41, 5.74) is 2.05. The number of hydrogen-bond acceptors (Lipinski definition) is 4. The average Bonchev–Trinajstić information content (AvgIpc) is 3.29. The molecule has 1 saturated carbocycles. The van der Waals surface area contributed by atoms with Crippen molar-refractivity contribution in [1.82, 2.24) is 9.97 Å². The van der Waals surface area contributed by atoms with Crippen LogP contribution in [0.15, 0.2) is 34.9 Å². The summed E-state index contributed by atoms with van der Waals surface area (Å²) >= 11 is 3.43. The van der Waals surface area contributed by atoms with Crippen LogP contribution in [0, 0.1) is 0 Å². The van der Waals surface area contributed by atoms with Gasteiger partial charge in [-0.05, 0) is 39.9 Å². The largest absolute Gasteiger partial charge is 0.392 e. The predicted molar refractivity (Wildman–Crippen MR) is 81.4 cm³/mol. The Morgan fingerprint density at radius 1 is 1.20 bits per heavy atom. The topological polar surface area (TPSA) is 58.0 Å². The zero-order valence-electron chi connectivity index (χ0n) is 11.0. The van der Waals surface area contributed by atoms with Crippen LogP contribution in [0.2, 0.25) is 0 Å². The van der Waals surface area contributed by atoms with Crippen molar-refractivity contribution >= 4 is 21.7 Å². The second-order valence-corrected chi connectivity index (χ2v) is 5.85. The van der Waals surface area contributed by atoms with E-state index in [0.29, 0.717) is 12.5 Å². The Bertz CT molecular complexity index is 614. The van der Waals surface area contributed by atoms with Crippen LogP contribution in [0.1, 0.15) is 35.7 Å². The zero-order valence-corrected chi connectivity index (χ0v) is 12.6. The lowest BCUT2D eigenvalue weighted by Gasteiger charge is -2.08. The van der Waals surface area contributed by atoms with Gasteiger partial charge in [0.25, 0.3) is 0 Å². The SMILES string of the molecule is OCc1cccc(CNc2cc(Br)nc(C3CC3)n2)c1. The van der Waals surface area contributed by atoms with Gasteiger partial charge in [-0.3, -0.25) is 0 Å². The fourth-order valence-electron chi connectivity index (χ4n) is 2.08. The summed E-state index contributed by atoms with van der Waals surface area (Å²) in [6.07, 6.45) is 2.38. The van der Waals surface area contributed by atoms with E-state index in [-0.39, 0.29) is 6.61 Å². The summed E-state index contributed by atoms with van der Waals surface area (Å²) < 4.78 is 0.820. The number of aliphatic hydroxyl groups is 1. The van der Waals surface area contributed by atoms with Gasteiger partial charge in [-0.2, -0.15) is 0 Å². The van der Waals surface area contributed by atoms with E-state index in [2.05, 4.69) is 31.2 Å². The van der Waals surface area contributed by atoms with Gasteiger partial charge in [-0.1, -0.05) is 24.3 Å². The lowest BCUT2D eigenvalue weighted by Crippen LogP contribution is -2.04. The molecule has 0 aliphatic heterocycles. The molecule has 2 N–H and O–H groups in total. The Kier molecular flexibility index (Phi) is 3.98. The third-order valence-electron chi connectivity index (χ3n) is 3.30. The highest BCUT2D eigenvalue weighted by molar-refractivity contribution is 9.10. The molecule has 1 aliphatic carbocycles. The predicted octanol–water partition coefficient (Wildman–Crippen LogP) is 3.22. The van der Waals surface area contributed by atoms with E-state index >= 15 is 0 Å². The molecule has 1 heterocycles. The molecule has 0 saturated heterocycles. The highest BCUT2D eigenvalue weighted by Gasteiger charge is 2.27. The van der Waals surface area contributed by atoms with Crippen molar-refractivity contribution in [2.75, 3.05) is 5.32 Å². The van der Waals surface area contributed by atoms with Crippen LogP contribution < -0.4 is 5.32 Å². The van der Waals surface area contributed by atoms with Gasteiger partial charge in [0.15, 0.2) is 0 Å². The molecule has 3 rings (SSSR count). The maximum Gasteiger partial charge on any atom is 0.135 e. The van der Waals surface area contributed by atoms with E-state index < -0.39 is 0 Å². The van der Waals surface area contributed by atoms with Crippen molar-refractivity contribution in [3.8, 4) is 0 Å². The monoisotopic (exact) mass is 333 g/mol. The van der Waals surface area contributed by atoms with E-state index in [0.717, 1.165) is 27.4 Å². The van der Waals surface area contributed by atoms with Crippen molar-refractivity contribution in [3.05, 3.63) is 51.9 Å². The Morgan fingerprint density at radius 3 is 2.75 bits per heavy atom. The first-order valence-corrected chi connectivity index (χ1v) is 7.51. The van der Waals surface area contributed by atoms with Gasteiger partial charge in [0.1, 0.15) is 16.2 Å². The molecule has 1 aromatic heterocycles. The van der Waals surface area contributed by atoms with Gasteiger partial charge in [-0.15, -0.1) is 0 Å². The highest BCUT2D eigenvalue weighted by atomic mass is 79.9. The number of aliphatic hydroxyl groups excluding tert-OH is 1. The molecule has 0 amide bonds. The van der Waals surface area contributed by atoms with Crippen LogP contribution in [0.5, 0.6) is 0 Å². The molecule has 20 heavy (non-hydrogen) atoms. The molecule has 0 atom stereocenters. The number of halogens is 1. The Hall–Kier alpha value is -1.46. The van der Waals surface area contributed by atoms with Crippen molar-refractivity contribution in [3.63, 3.8) is 0 Å². The molecule has 1 aliphatic rings. The minimum Gasteiger partial charge on any atom is -0.392 e. The van der Waals surface area contributed by atoms with Crippen LogP contribution in [0.3, 0.4) is 0 Å². The van der Waals surface area contributed by atoms with Crippen molar-refractivity contribution < 1.29 is 5.11 Å². The van der Waals surface area contributed by atoms with Gasteiger partial charge in [0.2, 0.25) is 0 Å². The first-order chi connectivity index (χ1) is 9.74. The molecule has 5 heteroatoms. The minimum absolute atomic E-state index is 0.0682.